The van der Waals surface area contributed by atoms with Gasteiger partial charge in [-0.05, 0) is 24.8 Å². The Morgan fingerprint density at radius 3 is 2.41 bits per heavy atom. The Morgan fingerprint density at radius 2 is 1.82 bits per heavy atom. The Balaban J connectivity index is 0.00000441. The van der Waals surface area contributed by atoms with Gasteiger partial charge < -0.3 is 16.4 Å². The van der Waals surface area contributed by atoms with Gasteiger partial charge in [0.15, 0.2) is 0 Å². The summed E-state index contributed by atoms with van der Waals surface area (Å²) in [5, 5.41) is 5.45. The number of aryl methyl sites for hydroxylation is 1. The van der Waals surface area contributed by atoms with Crippen molar-refractivity contribution >= 4 is 24.2 Å². The third kappa shape index (κ3) is 8.64. The summed E-state index contributed by atoms with van der Waals surface area (Å²) < 4.78 is 0. The lowest BCUT2D eigenvalue weighted by Gasteiger charge is -2.18. The van der Waals surface area contributed by atoms with Gasteiger partial charge in [0, 0.05) is 6.04 Å². The summed E-state index contributed by atoms with van der Waals surface area (Å²) in [5.41, 5.74) is 6.44. The van der Waals surface area contributed by atoms with E-state index in [0.29, 0.717) is 0 Å². The van der Waals surface area contributed by atoms with Crippen LogP contribution >= 0.6 is 12.4 Å². The van der Waals surface area contributed by atoms with Crippen LogP contribution in [-0.4, -0.2) is 30.9 Å². The van der Waals surface area contributed by atoms with E-state index in [2.05, 4.69) is 29.7 Å². The molecule has 5 nitrogen and oxygen atoms in total. The highest BCUT2D eigenvalue weighted by Gasteiger charge is 2.12. The molecule has 4 N–H and O–H groups in total. The van der Waals surface area contributed by atoms with Crippen molar-refractivity contribution in [2.45, 2.75) is 38.6 Å². The number of benzene rings is 1. The SMILES string of the molecule is CCCC(CCc1ccccc1)NC(=O)CNC(=O)CN.Cl. The Morgan fingerprint density at radius 1 is 1.14 bits per heavy atom. The minimum absolute atomic E-state index is 0. The van der Waals surface area contributed by atoms with Gasteiger partial charge in [-0.2, -0.15) is 0 Å². The second-order valence-electron chi connectivity index (χ2n) is 5.06. The molecular weight excluding hydrogens is 302 g/mol. The van der Waals surface area contributed by atoms with Gasteiger partial charge in [-0.15, -0.1) is 12.4 Å². The molecule has 0 heterocycles. The molecule has 124 valence electrons. The number of hydrogen-bond acceptors (Lipinski definition) is 3. The van der Waals surface area contributed by atoms with Crippen LogP contribution in [0.3, 0.4) is 0 Å². The van der Waals surface area contributed by atoms with Gasteiger partial charge in [0.1, 0.15) is 0 Å². The van der Waals surface area contributed by atoms with Gasteiger partial charge >= 0.3 is 0 Å². The first-order chi connectivity index (χ1) is 10.2. The zero-order chi connectivity index (χ0) is 15.5. The first kappa shape index (κ1) is 20.4. The maximum atomic E-state index is 11.8. The van der Waals surface area contributed by atoms with Crippen molar-refractivity contribution in [2.75, 3.05) is 13.1 Å². The van der Waals surface area contributed by atoms with E-state index in [1.165, 1.54) is 5.56 Å². The number of carbonyl (C=O) groups excluding carboxylic acids is 2. The van der Waals surface area contributed by atoms with Crippen LogP contribution < -0.4 is 16.4 Å². The Kier molecular flexibility index (Phi) is 11.1. The molecule has 0 spiro atoms. The van der Waals surface area contributed by atoms with Crippen molar-refractivity contribution < 1.29 is 9.59 Å². The van der Waals surface area contributed by atoms with Crippen LogP contribution in [0.15, 0.2) is 30.3 Å². The quantitative estimate of drug-likeness (QED) is 0.641. The fraction of sp³-hybridized carbons (Fsp3) is 0.500. The molecule has 0 bridgehead atoms. The number of amides is 2. The molecule has 2 amide bonds. The molecule has 22 heavy (non-hydrogen) atoms. The predicted molar refractivity (Wildman–Crippen MR) is 90.9 cm³/mol. The summed E-state index contributed by atoms with van der Waals surface area (Å²) in [6, 6.07) is 10.3. The van der Waals surface area contributed by atoms with Crippen molar-refractivity contribution in [2.24, 2.45) is 5.73 Å². The zero-order valence-corrected chi connectivity index (χ0v) is 13.8. The minimum atomic E-state index is -0.318. The normalized spacial score (nSPS) is 11.2. The van der Waals surface area contributed by atoms with Crippen LogP contribution in [0.1, 0.15) is 31.7 Å². The molecule has 0 aliphatic carbocycles. The predicted octanol–water partition coefficient (Wildman–Crippen LogP) is 1.40. The van der Waals surface area contributed by atoms with Crippen LogP contribution in [0.4, 0.5) is 0 Å². The van der Waals surface area contributed by atoms with Crippen molar-refractivity contribution in [3.8, 4) is 0 Å². The van der Waals surface area contributed by atoms with Crippen molar-refractivity contribution in [1.29, 1.82) is 0 Å². The number of hydrogen-bond donors (Lipinski definition) is 3. The van der Waals surface area contributed by atoms with E-state index >= 15 is 0 Å². The van der Waals surface area contributed by atoms with Crippen LogP contribution in [0, 0.1) is 0 Å². The van der Waals surface area contributed by atoms with E-state index < -0.39 is 0 Å². The summed E-state index contributed by atoms with van der Waals surface area (Å²) in [5.74, 6) is -0.482. The van der Waals surface area contributed by atoms with Crippen LogP contribution in [0.5, 0.6) is 0 Å². The van der Waals surface area contributed by atoms with Crippen LogP contribution in [0.2, 0.25) is 0 Å². The van der Waals surface area contributed by atoms with Crippen LogP contribution in [0.25, 0.3) is 0 Å². The van der Waals surface area contributed by atoms with Crippen molar-refractivity contribution in [1.82, 2.24) is 10.6 Å². The Labute approximate surface area is 138 Å². The fourth-order valence-electron chi connectivity index (χ4n) is 2.15. The molecule has 0 saturated heterocycles. The van der Waals surface area contributed by atoms with E-state index in [9.17, 15) is 9.59 Å². The lowest BCUT2D eigenvalue weighted by molar-refractivity contribution is -0.125. The topological polar surface area (TPSA) is 84.2 Å². The third-order valence-electron chi connectivity index (χ3n) is 3.26. The summed E-state index contributed by atoms with van der Waals surface area (Å²) in [7, 11) is 0. The van der Waals surface area contributed by atoms with Crippen molar-refractivity contribution in [3.63, 3.8) is 0 Å². The summed E-state index contributed by atoms with van der Waals surface area (Å²) in [6.45, 7) is 1.99. The molecule has 0 saturated carbocycles. The molecule has 1 aromatic rings. The minimum Gasteiger partial charge on any atom is -0.352 e. The highest BCUT2D eigenvalue weighted by molar-refractivity contribution is 5.85. The largest absolute Gasteiger partial charge is 0.352 e. The Hall–Kier alpha value is -1.59. The summed E-state index contributed by atoms with van der Waals surface area (Å²) in [4.78, 5) is 22.8. The molecule has 1 unspecified atom stereocenters. The third-order valence-corrected chi connectivity index (χ3v) is 3.26. The van der Waals surface area contributed by atoms with Gasteiger partial charge in [-0.1, -0.05) is 43.7 Å². The molecule has 0 aliphatic rings. The lowest BCUT2D eigenvalue weighted by atomic mass is 10.0. The lowest BCUT2D eigenvalue weighted by Crippen LogP contribution is -2.43. The molecule has 1 aromatic carbocycles. The maximum absolute atomic E-state index is 11.8. The molecule has 1 atom stereocenters. The van der Waals surface area contributed by atoms with Gasteiger partial charge in [-0.3, -0.25) is 9.59 Å². The molecule has 0 aromatic heterocycles. The molecule has 0 aliphatic heterocycles. The number of halogens is 1. The number of rotatable bonds is 9. The monoisotopic (exact) mass is 327 g/mol. The first-order valence-corrected chi connectivity index (χ1v) is 7.45. The van der Waals surface area contributed by atoms with E-state index in [0.717, 1.165) is 25.7 Å². The molecule has 6 heteroatoms. The van der Waals surface area contributed by atoms with Gasteiger partial charge in [0.25, 0.3) is 0 Å². The van der Waals surface area contributed by atoms with Gasteiger partial charge in [0.05, 0.1) is 13.1 Å². The van der Waals surface area contributed by atoms with Gasteiger partial charge in [-0.25, -0.2) is 0 Å². The molecule has 1 rings (SSSR count). The highest BCUT2D eigenvalue weighted by Crippen LogP contribution is 2.08. The summed E-state index contributed by atoms with van der Waals surface area (Å²) >= 11 is 0. The smallest absolute Gasteiger partial charge is 0.239 e. The van der Waals surface area contributed by atoms with E-state index in [-0.39, 0.29) is 43.4 Å². The number of nitrogens with one attached hydrogen (secondary N) is 2. The zero-order valence-electron chi connectivity index (χ0n) is 13.0. The Bertz CT molecular complexity index is 440. The number of nitrogens with two attached hydrogens (primary N) is 1. The molecule has 0 fully saturated rings. The highest BCUT2D eigenvalue weighted by atomic mass is 35.5. The van der Waals surface area contributed by atoms with Crippen molar-refractivity contribution in [3.05, 3.63) is 35.9 Å². The number of carbonyl (C=O) groups is 2. The molecule has 0 radical (unpaired) electrons. The van der Waals surface area contributed by atoms with Gasteiger partial charge in [0.2, 0.25) is 11.8 Å². The summed E-state index contributed by atoms with van der Waals surface area (Å²) in [6.07, 6.45) is 3.77. The standard InChI is InChI=1S/C16H25N3O2.ClH/c1-2-6-14(10-9-13-7-4-3-5-8-13)19-16(21)12-18-15(20)11-17;/h3-5,7-8,14H,2,6,9-12,17H2,1H3,(H,18,20)(H,19,21);1H. The van der Waals surface area contributed by atoms with Crippen LogP contribution in [-0.2, 0) is 16.0 Å². The fourth-order valence-corrected chi connectivity index (χ4v) is 2.15. The van der Waals surface area contributed by atoms with E-state index in [1.54, 1.807) is 0 Å². The van der Waals surface area contributed by atoms with E-state index in [1.807, 2.05) is 18.2 Å². The average molecular weight is 328 g/mol. The van der Waals surface area contributed by atoms with E-state index in [4.69, 9.17) is 5.73 Å². The maximum Gasteiger partial charge on any atom is 0.239 e. The molecular formula is C16H26ClN3O2. The average Bonchev–Trinajstić information content (AvgIpc) is 2.51. The first-order valence-electron chi connectivity index (χ1n) is 7.45. The second kappa shape index (κ2) is 12.0. The second-order valence-corrected chi connectivity index (χ2v) is 5.06.